The summed E-state index contributed by atoms with van der Waals surface area (Å²) >= 11 is 1.49. The van der Waals surface area contributed by atoms with Crippen molar-refractivity contribution in [1.82, 2.24) is 5.32 Å². The maximum Gasteiger partial charge on any atom is 0.307 e. The molecule has 0 saturated carbocycles. The molecule has 1 heterocycles. The average Bonchev–Trinajstić information content (AvgIpc) is 2.71. The lowest BCUT2D eigenvalue weighted by Crippen LogP contribution is -2.25. The van der Waals surface area contributed by atoms with E-state index in [1.54, 1.807) is 6.92 Å². The fraction of sp³-hybridized carbons (Fsp3) is 0.538. The first kappa shape index (κ1) is 14.7. The Labute approximate surface area is 111 Å². The molecular weight excluding hydrogens is 250 g/mol. The van der Waals surface area contributed by atoms with Gasteiger partial charge in [0.05, 0.1) is 17.9 Å². The molecule has 0 aliphatic heterocycles. The van der Waals surface area contributed by atoms with Gasteiger partial charge in [-0.3, -0.25) is 9.59 Å². The average molecular weight is 269 g/mol. The summed E-state index contributed by atoms with van der Waals surface area (Å²) in [6.45, 7) is 6.53. The molecule has 1 aromatic heterocycles. The molecule has 1 N–H and O–H groups in total. The monoisotopic (exact) mass is 269 g/mol. The Morgan fingerprint density at radius 1 is 1.39 bits per heavy atom. The minimum atomic E-state index is -0.283. The van der Waals surface area contributed by atoms with Crippen molar-refractivity contribution < 1.29 is 14.3 Å². The second-order valence-corrected chi connectivity index (χ2v) is 5.11. The van der Waals surface area contributed by atoms with Gasteiger partial charge in [0.15, 0.2) is 0 Å². The fourth-order valence-corrected chi connectivity index (χ4v) is 2.61. The van der Waals surface area contributed by atoms with Crippen molar-refractivity contribution in [3.63, 3.8) is 0 Å². The zero-order chi connectivity index (χ0) is 13.5. The van der Waals surface area contributed by atoms with Crippen molar-refractivity contribution in [3.8, 4) is 0 Å². The van der Waals surface area contributed by atoms with E-state index >= 15 is 0 Å². The maximum absolute atomic E-state index is 11.8. The third-order valence-corrected chi connectivity index (χ3v) is 3.64. The number of nitrogens with one attached hydrogen (secondary N) is 1. The van der Waals surface area contributed by atoms with Gasteiger partial charge in [-0.25, -0.2) is 0 Å². The van der Waals surface area contributed by atoms with Crippen molar-refractivity contribution in [2.75, 3.05) is 13.2 Å². The Morgan fingerprint density at radius 3 is 2.67 bits per heavy atom. The van der Waals surface area contributed by atoms with Crippen LogP contribution in [0.5, 0.6) is 0 Å². The summed E-state index contributed by atoms with van der Waals surface area (Å²) in [6, 6.07) is 1.92. The number of amides is 1. The van der Waals surface area contributed by atoms with Gasteiger partial charge in [0, 0.05) is 11.4 Å². The molecule has 0 atom stereocenters. The molecular formula is C13H19NO3S. The van der Waals surface area contributed by atoms with Gasteiger partial charge in [0.1, 0.15) is 0 Å². The molecule has 0 bridgehead atoms. The van der Waals surface area contributed by atoms with E-state index in [1.165, 1.54) is 21.8 Å². The number of thiophene rings is 1. The summed E-state index contributed by atoms with van der Waals surface area (Å²) in [5.74, 6) is -0.401. The van der Waals surface area contributed by atoms with Crippen molar-refractivity contribution in [3.05, 3.63) is 21.4 Å². The summed E-state index contributed by atoms with van der Waals surface area (Å²) in [7, 11) is 0. The lowest BCUT2D eigenvalue weighted by molar-refractivity contribution is -0.142. The van der Waals surface area contributed by atoms with Crippen LogP contribution in [0.4, 0.5) is 0 Å². The highest BCUT2D eigenvalue weighted by atomic mass is 32.1. The lowest BCUT2D eigenvalue weighted by Gasteiger charge is -2.03. The first-order valence-electron chi connectivity index (χ1n) is 6.11. The van der Waals surface area contributed by atoms with Crippen molar-refractivity contribution in [1.29, 1.82) is 0 Å². The maximum atomic E-state index is 11.8. The summed E-state index contributed by atoms with van der Waals surface area (Å²) in [5.41, 5.74) is 1.20. The standard InChI is InChI=1S/C13H19NO3S/c1-4-10-8-11(18-9(10)3)13(16)14-7-6-12(15)17-5-2/h8H,4-7H2,1-3H3,(H,14,16). The highest BCUT2D eigenvalue weighted by Crippen LogP contribution is 2.21. The van der Waals surface area contributed by atoms with Crippen LogP contribution in [0.2, 0.25) is 0 Å². The van der Waals surface area contributed by atoms with Crippen LogP contribution in [0.25, 0.3) is 0 Å². The van der Waals surface area contributed by atoms with Gasteiger partial charge < -0.3 is 10.1 Å². The third kappa shape index (κ3) is 4.14. The van der Waals surface area contributed by atoms with Crippen LogP contribution in [0.3, 0.4) is 0 Å². The van der Waals surface area contributed by atoms with E-state index in [0.29, 0.717) is 18.0 Å². The van der Waals surface area contributed by atoms with Gasteiger partial charge in [0.2, 0.25) is 0 Å². The van der Waals surface area contributed by atoms with E-state index in [9.17, 15) is 9.59 Å². The SMILES string of the molecule is CCOC(=O)CCNC(=O)c1cc(CC)c(C)s1. The second-order valence-electron chi connectivity index (χ2n) is 3.86. The van der Waals surface area contributed by atoms with Crippen molar-refractivity contribution in [2.45, 2.75) is 33.6 Å². The number of carbonyl (C=O) groups excluding carboxylic acids is 2. The Morgan fingerprint density at radius 2 is 2.11 bits per heavy atom. The zero-order valence-corrected chi connectivity index (χ0v) is 11.9. The molecule has 0 aliphatic rings. The van der Waals surface area contributed by atoms with Crippen molar-refractivity contribution in [2.24, 2.45) is 0 Å². The van der Waals surface area contributed by atoms with E-state index < -0.39 is 0 Å². The number of ether oxygens (including phenoxy) is 1. The topological polar surface area (TPSA) is 55.4 Å². The van der Waals surface area contributed by atoms with Gasteiger partial charge in [-0.15, -0.1) is 11.3 Å². The number of aryl methyl sites for hydroxylation is 2. The molecule has 5 heteroatoms. The molecule has 0 aromatic carbocycles. The molecule has 4 nitrogen and oxygen atoms in total. The molecule has 0 unspecified atom stereocenters. The van der Waals surface area contributed by atoms with Gasteiger partial charge in [-0.2, -0.15) is 0 Å². The highest BCUT2D eigenvalue weighted by molar-refractivity contribution is 7.14. The number of esters is 1. The Kier molecular flexibility index (Phi) is 5.85. The fourth-order valence-electron chi connectivity index (χ4n) is 1.58. The van der Waals surface area contributed by atoms with Crippen LogP contribution in [-0.4, -0.2) is 25.0 Å². The highest BCUT2D eigenvalue weighted by Gasteiger charge is 2.11. The number of carbonyl (C=O) groups is 2. The van der Waals surface area contributed by atoms with Gasteiger partial charge in [-0.05, 0) is 31.9 Å². The largest absolute Gasteiger partial charge is 0.466 e. The molecule has 100 valence electrons. The predicted molar refractivity (Wildman–Crippen MR) is 72.0 cm³/mol. The van der Waals surface area contributed by atoms with Gasteiger partial charge in [0.25, 0.3) is 5.91 Å². The molecule has 0 radical (unpaired) electrons. The Hall–Kier alpha value is -1.36. The summed E-state index contributed by atoms with van der Waals surface area (Å²) in [4.78, 5) is 24.8. The van der Waals surface area contributed by atoms with Gasteiger partial charge in [-0.1, -0.05) is 6.92 Å². The van der Waals surface area contributed by atoms with Crippen LogP contribution < -0.4 is 5.32 Å². The van der Waals surface area contributed by atoms with Crippen molar-refractivity contribution >= 4 is 23.2 Å². The molecule has 0 saturated heterocycles. The molecule has 0 fully saturated rings. The molecule has 1 amide bonds. The van der Waals surface area contributed by atoms with E-state index in [1.807, 2.05) is 13.0 Å². The minimum absolute atomic E-state index is 0.118. The minimum Gasteiger partial charge on any atom is -0.466 e. The Balaban J connectivity index is 2.43. The van der Waals surface area contributed by atoms with E-state index in [0.717, 1.165) is 6.42 Å². The first-order valence-corrected chi connectivity index (χ1v) is 6.93. The molecule has 18 heavy (non-hydrogen) atoms. The summed E-state index contributed by atoms with van der Waals surface area (Å²) < 4.78 is 4.78. The number of rotatable bonds is 6. The van der Waals surface area contributed by atoms with Gasteiger partial charge >= 0.3 is 5.97 Å². The zero-order valence-electron chi connectivity index (χ0n) is 11.0. The predicted octanol–water partition coefficient (Wildman–Crippen LogP) is 2.30. The van der Waals surface area contributed by atoms with Crippen LogP contribution in [0.1, 0.15) is 40.4 Å². The van der Waals surface area contributed by atoms with E-state index in [2.05, 4.69) is 12.2 Å². The number of hydrogen-bond donors (Lipinski definition) is 1. The first-order chi connectivity index (χ1) is 8.58. The second kappa shape index (κ2) is 7.16. The number of hydrogen-bond acceptors (Lipinski definition) is 4. The quantitative estimate of drug-likeness (QED) is 0.806. The lowest BCUT2D eigenvalue weighted by atomic mass is 10.2. The van der Waals surface area contributed by atoms with Crippen LogP contribution in [0.15, 0.2) is 6.07 Å². The third-order valence-electron chi connectivity index (χ3n) is 2.55. The summed E-state index contributed by atoms with van der Waals surface area (Å²) in [5, 5.41) is 2.72. The molecule has 0 spiro atoms. The molecule has 1 aromatic rings. The smallest absolute Gasteiger partial charge is 0.307 e. The summed E-state index contributed by atoms with van der Waals surface area (Å²) in [6.07, 6.45) is 1.14. The Bertz CT molecular complexity index is 426. The van der Waals surface area contributed by atoms with Crippen LogP contribution in [0, 0.1) is 6.92 Å². The molecule has 1 rings (SSSR count). The van der Waals surface area contributed by atoms with Crippen LogP contribution in [-0.2, 0) is 16.0 Å². The van der Waals surface area contributed by atoms with E-state index in [-0.39, 0.29) is 18.3 Å². The molecule has 0 aliphatic carbocycles. The van der Waals surface area contributed by atoms with E-state index in [4.69, 9.17) is 4.74 Å². The van der Waals surface area contributed by atoms with Crippen LogP contribution >= 0.6 is 11.3 Å². The normalized spacial score (nSPS) is 10.2.